The van der Waals surface area contributed by atoms with Crippen LogP contribution in [0.15, 0.2) is 24.5 Å². The zero-order valence-electron chi connectivity index (χ0n) is 17.4. The molecule has 2 amide bonds. The van der Waals surface area contributed by atoms with Gasteiger partial charge in [-0.05, 0) is 51.3 Å². The molecule has 31 heavy (non-hydrogen) atoms. The van der Waals surface area contributed by atoms with Gasteiger partial charge in [0.2, 0.25) is 5.91 Å². The molecule has 168 valence electrons. The number of carbonyl (C=O) groups excluding carboxylic acids is 2. The molecule has 0 bridgehead atoms. The lowest BCUT2D eigenvalue weighted by atomic mass is 10.1. The van der Waals surface area contributed by atoms with Crippen LogP contribution in [0.2, 0.25) is 5.02 Å². The van der Waals surface area contributed by atoms with E-state index in [0.29, 0.717) is 5.56 Å². The molecule has 8 nitrogen and oxygen atoms in total. The number of benzene rings is 1. The van der Waals surface area contributed by atoms with E-state index in [1.165, 1.54) is 12.1 Å². The average Bonchev–Trinajstić information content (AvgIpc) is 3.40. The van der Waals surface area contributed by atoms with Gasteiger partial charge in [0.15, 0.2) is 5.82 Å². The van der Waals surface area contributed by atoms with Crippen LogP contribution in [0.5, 0.6) is 0 Å². The van der Waals surface area contributed by atoms with Crippen molar-refractivity contribution in [1.82, 2.24) is 25.4 Å². The lowest BCUT2D eigenvalue weighted by molar-refractivity contribution is -0.122. The van der Waals surface area contributed by atoms with Gasteiger partial charge >= 0.3 is 6.09 Å². The Morgan fingerprint density at radius 1 is 1.32 bits per heavy atom. The van der Waals surface area contributed by atoms with E-state index in [0.717, 1.165) is 23.9 Å². The Morgan fingerprint density at radius 3 is 2.65 bits per heavy atom. The SMILES string of the molecule is CC(C)(C)OC(=O)N[C@H](CNC(=O)C1CC1)c1ccc(Cl)c(-n2ncnc2C(F)F)c1. The quantitative estimate of drug-likeness (QED) is 0.658. The standard InChI is InChI=1S/C20H24ClF2N5O3/c1-20(2,3)31-19(30)27-14(9-24-18(29)11-4-5-11)12-6-7-13(21)15(8-12)28-17(16(22)23)25-10-26-28/h6-8,10-11,14,16H,4-5,9H2,1-3H3,(H,24,29)(H,27,30)/t14-/m1/s1. The van der Waals surface area contributed by atoms with Crippen molar-refractivity contribution in [2.45, 2.75) is 51.7 Å². The van der Waals surface area contributed by atoms with Gasteiger partial charge in [-0.15, -0.1) is 0 Å². The van der Waals surface area contributed by atoms with Crippen LogP contribution in [0.3, 0.4) is 0 Å². The molecule has 1 heterocycles. The van der Waals surface area contributed by atoms with Crippen molar-refractivity contribution in [3.8, 4) is 5.69 Å². The number of ether oxygens (including phenoxy) is 1. The molecule has 2 N–H and O–H groups in total. The molecule has 1 aliphatic rings. The van der Waals surface area contributed by atoms with Crippen LogP contribution in [0.4, 0.5) is 13.6 Å². The average molecular weight is 456 g/mol. The number of alkyl carbamates (subject to hydrolysis) is 1. The first-order valence-corrected chi connectivity index (χ1v) is 10.2. The molecule has 1 fully saturated rings. The second-order valence-electron chi connectivity index (χ2n) is 8.26. The van der Waals surface area contributed by atoms with E-state index < -0.39 is 30.0 Å². The summed E-state index contributed by atoms with van der Waals surface area (Å²) in [5.41, 5.74) is -0.0159. The van der Waals surface area contributed by atoms with Crippen molar-refractivity contribution >= 4 is 23.6 Å². The zero-order chi connectivity index (χ0) is 22.8. The molecular weight excluding hydrogens is 432 g/mol. The highest BCUT2D eigenvalue weighted by Crippen LogP contribution is 2.30. The van der Waals surface area contributed by atoms with Crippen molar-refractivity contribution in [1.29, 1.82) is 0 Å². The molecule has 0 spiro atoms. The van der Waals surface area contributed by atoms with Gasteiger partial charge in [0, 0.05) is 12.5 Å². The lowest BCUT2D eigenvalue weighted by Gasteiger charge is -2.24. The maximum atomic E-state index is 13.3. The van der Waals surface area contributed by atoms with Gasteiger partial charge < -0.3 is 15.4 Å². The fraction of sp³-hybridized carbons (Fsp3) is 0.500. The summed E-state index contributed by atoms with van der Waals surface area (Å²) in [6.45, 7) is 5.28. The molecule has 1 aliphatic carbocycles. The van der Waals surface area contributed by atoms with Gasteiger partial charge in [-0.25, -0.2) is 23.2 Å². The number of nitrogens with one attached hydrogen (secondary N) is 2. The predicted octanol–water partition coefficient (Wildman–Crippen LogP) is 3.95. The van der Waals surface area contributed by atoms with Crippen molar-refractivity contribution in [2.75, 3.05) is 6.54 Å². The maximum absolute atomic E-state index is 13.3. The Hall–Kier alpha value is -2.75. The highest BCUT2D eigenvalue weighted by molar-refractivity contribution is 6.32. The summed E-state index contributed by atoms with van der Waals surface area (Å²) in [6.07, 6.45) is -0.843. The molecule has 11 heteroatoms. The Kier molecular flexibility index (Phi) is 6.78. The lowest BCUT2D eigenvalue weighted by Crippen LogP contribution is -2.40. The summed E-state index contributed by atoms with van der Waals surface area (Å²) in [4.78, 5) is 28.0. The minimum absolute atomic E-state index is 0.00768. The summed E-state index contributed by atoms with van der Waals surface area (Å²) in [5, 5.41) is 9.55. The number of halogens is 3. The normalized spacial score (nSPS) is 14.9. The monoisotopic (exact) mass is 455 g/mol. The highest BCUT2D eigenvalue weighted by atomic mass is 35.5. The topological polar surface area (TPSA) is 98.1 Å². The van der Waals surface area contributed by atoms with Gasteiger partial charge in [-0.3, -0.25) is 4.79 Å². The number of amides is 2. The predicted molar refractivity (Wildman–Crippen MR) is 109 cm³/mol. The van der Waals surface area contributed by atoms with Crippen molar-refractivity contribution in [2.24, 2.45) is 5.92 Å². The third kappa shape index (κ3) is 6.13. The van der Waals surface area contributed by atoms with Crippen LogP contribution in [0, 0.1) is 5.92 Å². The fourth-order valence-corrected chi connectivity index (χ4v) is 3.09. The van der Waals surface area contributed by atoms with E-state index in [1.54, 1.807) is 26.8 Å². The maximum Gasteiger partial charge on any atom is 0.408 e. The van der Waals surface area contributed by atoms with Crippen LogP contribution >= 0.6 is 11.6 Å². The number of aromatic nitrogens is 3. The molecule has 1 aromatic heterocycles. The molecule has 0 unspecified atom stereocenters. The molecule has 3 rings (SSSR count). The van der Waals surface area contributed by atoms with E-state index in [1.807, 2.05) is 0 Å². The number of rotatable bonds is 7. The summed E-state index contributed by atoms with van der Waals surface area (Å²) >= 11 is 6.22. The molecule has 1 saturated carbocycles. The fourth-order valence-electron chi connectivity index (χ4n) is 2.89. The van der Waals surface area contributed by atoms with Crippen molar-refractivity contribution in [3.05, 3.63) is 40.9 Å². The second-order valence-corrected chi connectivity index (χ2v) is 8.67. The molecule has 0 saturated heterocycles. The van der Waals surface area contributed by atoms with Gasteiger partial charge in [0.05, 0.1) is 16.8 Å². The van der Waals surface area contributed by atoms with Crippen LogP contribution < -0.4 is 10.6 Å². The van der Waals surface area contributed by atoms with Gasteiger partial charge in [-0.1, -0.05) is 17.7 Å². The molecule has 1 atom stereocenters. The minimum atomic E-state index is -2.85. The zero-order valence-corrected chi connectivity index (χ0v) is 18.1. The van der Waals surface area contributed by atoms with E-state index in [2.05, 4.69) is 20.7 Å². The van der Waals surface area contributed by atoms with E-state index >= 15 is 0 Å². The number of alkyl halides is 2. The Labute approximate surface area is 183 Å². The third-order valence-corrected chi connectivity index (χ3v) is 4.81. The largest absolute Gasteiger partial charge is 0.444 e. The number of hydrogen-bond donors (Lipinski definition) is 2. The summed E-state index contributed by atoms with van der Waals surface area (Å²) in [6, 6.07) is 3.98. The van der Waals surface area contributed by atoms with E-state index in [-0.39, 0.29) is 29.1 Å². The number of carbonyl (C=O) groups is 2. The van der Waals surface area contributed by atoms with Crippen LogP contribution in [0.1, 0.15) is 57.5 Å². The summed E-state index contributed by atoms with van der Waals surface area (Å²) in [7, 11) is 0. The second kappa shape index (κ2) is 9.17. The third-order valence-electron chi connectivity index (χ3n) is 4.49. The first kappa shape index (κ1) is 22.9. The van der Waals surface area contributed by atoms with Gasteiger partial charge in [0.1, 0.15) is 11.9 Å². The first-order valence-electron chi connectivity index (χ1n) is 9.80. The van der Waals surface area contributed by atoms with Crippen molar-refractivity contribution in [3.63, 3.8) is 0 Å². The highest BCUT2D eigenvalue weighted by Gasteiger charge is 2.30. The summed E-state index contributed by atoms with van der Waals surface area (Å²) < 4.78 is 32.8. The minimum Gasteiger partial charge on any atom is -0.444 e. The molecule has 0 radical (unpaired) electrons. The number of hydrogen-bond acceptors (Lipinski definition) is 5. The Morgan fingerprint density at radius 2 is 2.03 bits per heavy atom. The van der Waals surface area contributed by atoms with Gasteiger partial charge in [0.25, 0.3) is 6.43 Å². The Bertz CT molecular complexity index is 957. The molecule has 2 aromatic rings. The number of nitrogens with zero attached hydrogens (tertiary/aromatic N) is 3. The molecular formula is C20H24ClF2N5O3. The first-order chi connectivity index (χ1) is 14.5. The Balaban J connectivity index is 1.88. The molecule has 0 aliphatic heterocycles. The van der Waals surface area contributed by atoms with Crippen LogP contribution in [-0.2, 0) is 9.53 Å². The van der Waals surface area contributed by atoms with Crippen LogP contribution in [0.25, 0.3) is 5.69 Å². The van der Waals surface area contributed by atoms with Gasteiger partial charge in [-0.2, -0.15) is 5.10 Å². The van der Waals surface area contributed by atoms with Crippen molar-refractivity contribution < 1.29 is 23.1 Å². The summed E-state index contributed by atoms with van der Waals surface area (Å²) in [5.74, 6) is -0.661. The van der Waals surface area contributed by atoms with Crippen LogP contribution in [-0.4, -0.2) is 38.9 Å². The molecule has 1 aromatic carbocycles. The van der Waals surface area contributed by atoms with E-state index in [9.17, 15) is 18.4 Å². The van der Waals surface area contributed by atoms with E-state index in [4.69, 9.17) is 16.3 Å². The smallest absolute Gasteiger partial charge is 0.408 e.